The Kier molecular flexibility index (Phi) is 8.64. The van der Waals surface area contributed by atoms with Crippen LogP contribution in [0.3, 0.4) is 0 Å². The maximum absolute atomic E-state index is 13.6. The molecule has 4 rings (SSSR count). The van der Waals surface area contributed by atoms with E-state index in [1.807, 2.05) is 56.3 Å². The average molecular weight is 557 g/mol. The van der Waals surface area contributed by atoms with Crippen LogP contribution in [0.15, 0.2) is 54.6 Å². The predicted octanol–water partition coefficient (Wildman–Crippen LogP) is 8.91. The molecule has 1 saturated heterocycles. The molecule has 3 aromatic rings. The van der Waals surface area contributed by atoms with Crippen molar-refractivity contribution in [3.63, 3.8) is 0 Å². The number of phenolic OH excluding ortho intramolecular Hbond substituents is 1. The highest BCUT2D eigenvalue weighted by molar-refractivity contribution is 7.54. The first kappa shape index (κ1) is 28.7. The zero-order valence-electron chi connectivity index (χ0n) is 23.1. The third-order valence-corrected chi connectivity index (χ3v) is 9.28. The Morgan fingerprint density at radius 2 is 1.82 bits per heavy atom. The van der Waals surface area contributed by atoms with Gasteiger partial charge in [-0.3, -0.25) is 4.57 Å². The lowest BCUT2D eigenvalue weighted by atomic mass is 9.93. The first-order valence-corrected chi connectivity index (χ1v) is 15.2. The van der Waals surface area contributed by atoms with Gasteiger partial charge < -0.3 is 18.9 Å². The van der Waals surface area contributed by atoms with E-state index in [1.165, 1.54) is 5.56 Å². The van der Waals surface area contributed by atoms with Gasteiger partial charge in [-0.25, -0.2) is 0 Å². The van der Waals surface area contributed by atoms with E-state index in [-0.39, 0.29) is 24.8 Å². The van der Waals surface area contributed by atoms with Crippen LogP contribution in [0, 0.1) is 13.8 Å². The monoisotopic (exact) mass is 556 g/mol. The molecule has 1 aliphatic rings. The molecule has 204 valence electrons. The molecular weight excluding hydrogens is 519 g/mol. The fourth-order valence-electron chi connectivity index (χ4n) is 5.07. The number of phenols is 1. The molecule has 1 heterocycles. The molecule has 0 spiro atoms. The number of halogens is 1. The summed E-state index contributed by atoms with van der Waals surface area (Å²) >= 11 is 6.18. The summed E-state index contributed by atoms with van der Waals surface area (Å²) in [5.74, 6) is 1.32. The Bertz CT molecular complexity index is 1330. The van der Waals surface area contributed by atoms with Gasteiger partial charge in [-0.1, -0.05) is 49.7 Å². The predicted molar refractivity (Wildman–Crippen MR) is 154 cm³/mol. The van der Waals surface area contributed by atoms with E-state index in [9.17, 15) is 9.67 Å². The molecule has 1 fully saturated rings. The van der Waals surface area contributed by atoms with Gasteiger partial charge in [0.2, 0.25) is 0 Å². The summed E-state index contributed by atoms with van der Waals surface area (Å²) in [5.41, 5.74) is 5.89. The molecule has 5 nitrogen and oxygen atoms in total. The second-order valence-corrected chi connectivity index (χ2v) is 13.6. The molecule has 0 aliphatic carbocycles. The lowest BCUT2D eigenvalue weighted by Gasteiger charge is -2.40. The van der Waals surface area contributed by atoms with Crippen molar-refractivity contribution in [3.05, 3.63) is 93.0 Å². The summed E-state index contributed by atoms with van der Waals surface area (Å²) in [5, 5.41) is 10.8. The molecule has 2 atom stereocenters. The van der Waals surface area contributed by atoms with Crippen molar-refractivity contribution in [2.24, 2.45) is 0 Å². The number of hydrogen-bond acceptors (Lipinski definition) is 5. The summed E-state index contributed by atoms with van der Waals surface area (Å²) in [4.78, 5) is 0. The van der Waals surface area contributed by atoms with Crippen LogP contribution in [0.5, 0.6) is 11.5 Å². The molecule has 0 saturated carbocycles. The van der Waals surface area contributed by atoms with E-state index in [0.717, 1.165) is 40.0 Å². The zero-order valence-corrected chi connectivity index (χ0v) is 24.7. The van der Waals surface area contributed by atoms with Gasteiger partial charge in [0, 0.05) is 11.4 Å². The van der Waals surface area contributed by atoms with Crippen LogP contribution < -0.4 is 4.74 Å². The topological polar surface area (TPSA) is 65.0 Å². The Morgan fingerprint density at radius 3 is 2.47 bits per heavy atom. The average Bonchev–Trinajstić information content (AvgIpc) is 2.81. The summed E-state index contributed by atoms with van der Waals surface area (Å²) in [7, 11) is -3.39. The number of aryl methyl sites for hydroxylation is 2. The van der Waals surface area contributed by atoms with Crippen LogP contribution >= 0.6 is 19.2 Å². The second-order valence-electron chi connectivity index (χ2n) is 11.1. The van der Waals surface area contributed by atoms with Crippen molar-refractivity contribution >= 4 is 19.2 Å². The quantitative estimate of drug-likeness (QED) is 0.281. The van der Waals surface area contributed by atoms with E-state index in [0.29, 0.717) is 17.2 Å². The molecule has 3 aromatic carbocycles. The van der Waals surface area contributed by atoms with Gasteiger partial charge in [-0.15, -0.1) is 0 Å². The Balaban J connectivity index is 1.43. The maximum Gasteiger partial charge on any atom is 0.335 e. The Labute approximate surface area is 231 Å². The van der Waals surface area contributed by atoms with Gasteiger partial charge in [-0.2, -0.15) is 0 Å². The molecule has 0 unspecified atom stereocenters. The van der Waals surface area contributed by atoms with E-state index < -0.39 is 13.2 Å². The van der Waals surface area contributed by atoms with Crippen molar-refractivity contribution in [2.45, 2.75) is 72.0 Å². The molecule has 38 heavy (non-hydrogen) atoms. The number of aromatic hydroxyl groups is 1. The van der Waals surface area contributed by atoms with E-state index in [1.54, 1.807) is 6.07 Å². The molecule has 0 aromatic heterocycles. The van der Waals surface area contributed by atoms with Crippen LogP contribution in [-0.2, 0) is 20.0 Å². The molecule has 7 heteroatoms. The molecule has 0 radical (unpaired) electrons. The Morgan fingerprint density at radius 1 is 1.11 bits per heavy atom. The first-order chi connectivity index (χ1) is 17.8. The lowest BCUT2D eigenvalue weighted by molar-refractivity contribution is -0.0217. The van der Waals surface area contributed by atoms with Gasteiger partial charge in [0.05, 0.1) is 24.5 Å². The summed E-state index contributed by atoms with van der Waals surface area (Å²) < 4.78 is 31.7. The maximum atomic E-state index is 13.6. The number of rotatable bonds is 8. The van der Waals surface area contributed by atoms with E-state index in [2.05, 4.69) is 33.8 Å². The summed E-state index contributed by atoms with van der Waals surface area (Å²) in [6.45, 7) is 12.4. The fourth-order valence-corrected chi connectivity index (χ4v) is 7.23. The largest absolute Gasteiger partial charge is 0.508 e. The van der Waals surface area contributed by atoms with Crippen molar-refractivity contribution in [2.75, 3.05) is 12.8 Å². The zero-order chi connectivity index (χ0) is 27.7. The molecular formula is C31H38ClO5P. The molecule has 1 N–H and O–H groups in total. The highest BCUT2D eigenvalue weighted by Crippen LogP contribution is 2.60. The summed E-state index contributed by atoms with van der Waals surface area (Å²) in [6.07, 6.45) is 1.15. The standard InChI is InChI=1S/C31H38ClO5P/c1-20(2)27-16-23(10-11-29(27)33)17-28-21(3)14-26(15-22(28)4)35-12-13-38(34)36-30(19-31(5,6)37-38)24-8-7-9-25(32)18-24/h7-11,14-16,18,20,30,33H,12-13,17,19H2,1-6H3/t30-,38-/m0/s1. The van der Waals surface area contributed by atoms with E-state index >= 15 is 0 Å². The van der Waals surface area contributed by atoms with Crippen LogP contribution in [0.25, 0.3) is 0 Å². The lowest BCUT2D eigenvalue weighted by Crippen LogP contribution is -2.33. The van der Waals surface area contributed by atoms with Crippen molar-refractivity contribution in [1.29, 1.82) is 0 Å². The van der Waals surface area contributed by atoms with Crippen molar-refractivity contribution < 1.29 is 23.5 Å². The van der Waals surface area contributed by atoms with Crippen LogP contribution in [0.4, 0.5) is 0 Å². The minimum atomic E-state index is -3.39. The van der Waals surface area contributed by atoms with Gasteiger partial charge >= 0.3 is 7.60 Å². The SMILES string of the molecule is Cc1cc(OCC[P@]2(=O)O[C@H](c3cccc(Cl)c3)CC(C)(C)O2)cc(C)c1Cc1ccc(O)c(C(C)C)c1. The number of benzene rings is 3. The van der Waals surface area contributed by atoms with E-state index in [4.69, 9.17) is 25.4 Å². The summed E-state index contributed by atoms with van der Waals surface area (Å²) in [6, 6.07) is 17.3. The number of hydrogen-bond donors (Lipinski definition) is 1. The fraction of sp³-hybridized carbons (Fsp3) is 0.419. The van der Waals surface area contributed by atoms with Gasteiger partial charge in [0.15, 0.2) is 0 Å². The molecule has 0 amide bonds. The highest BCUT2D eigenvalue weighted by Gasteiger charge is 2.43. The first-order valence-electron chi connectivity index (χ1n) is 13.1. The third-order valence-electron chi connectivity index (χ3n) is 6.97. The molecule has 1 aliphatic heterocycles. The van der Waals surface area contributed by atoms with Crippen molar-refractivity contribution in [1.82, 2.24) is 0 Å². The van der Waals surface area contributed by atoms with Crippen LogP contribution in [-0.4, -0.2) is 23.5 Å². The highest BCUT2D eigenvalue weighted by atomic mass is 35.5. The van der Waals surface area contributed by atoms with Gasteiger partial charge in [0.1, 0.15) is 11.5 Å². The minimum Gasteiger partial charge on any atom is -0.508 e. The van der Waals surface area contributed by atoms with Crippen LogP contribution in [0.2, 0.25) is 5.02 Å². The second kappa shape index (κ2) is 11.4. The van der Waals surface area contributed by atoms with Crippen LogP contribution in [0.1, 0.15) is 79.5 Å². The normalized spacial score (nSPS) is 21.0. The van der Waals surface area contributed by atoms with Gasteiger partial charge in [0.25, 0.3) is 0 Å². The van der Waals surface area contributed by atoms with Crippen molar-refractivity contribution in [3.8, 4) is 11.5 Å². The Hall–Kier alpha value is -2.30. The minimum absolute atomic E-state index is 0.152. The van der Waals surface area contributed by atoms with Gasteiger partial charge in [-0.05, 0) is 104 Å². The smallest absolute Gasteiger partial charge is 0.335 e. The number of ether oxygens (including phenoxy) is 1. The molecule has 0 bridgehead atoms. The third kappa shape index (κ3) is 7.01.